The molecule has 1 aliphatic rings. The summed E-state index contributed by atoms with van der Waals surface area (Å²) in [6.45, 7) is 1.54. The zero-order valence-electron chi connectivity index (χ0n) is 12.3. The molecule has 1 fully saturated rings. The quantitative estimate of drug-likeness (QED) is 0.814. The summed E-state index contributed by atoms with van der Waals surface area (Å²) in [7, 11) is 0. The number of aryl methyl sites for hydroxylation is 1. The zero-order chi connectivity index (χ0) is 15.1. The van der Waals surface area contributed by atoms with Gasteiger partial charge in [0, 0.05) is 6.04 Å². The van der Waals surface area contributed by atoms with E-state index < -0.39 is 5.97 Å². The van der Waals surface area contributed by atoms with E-state index in [-0.39, 0.29) is 25.2 Å². The molecular formula is C16H21NO4. The van der Waals surface area contributed by atoms with Crippen LogP contribution in [0.4, 0.5) is 0 Å². The van der Waals surface area contributed by atoms with Gasteiger partial charge in [0.25, 0.3) is 5.91 Å². The Hall–Kier alpha value is -2.04. The van der Waals surface area contributed by atoms with Crippen molar-refractivity contribution >= 4 is 11.9 Å². The van der Waals surface area contributed by atoms with Gasteiger partial charge in [-0.15, -0.1) is 0 Å². The first kappa shape index (κ1) is 15.4. The second kappa shape index (κ2) is 7.67. The molecule has 21 heavy (non-hydrogen) atoms. The molecule has 0 spiro atoms. The molecule has 0 bridgehead atoms. The van der Waals surface area contributed by atoms with Crippen molar-refractivity contribution in [2.24, 2.45) is 0 Å². The van der Waals surface area contributed by atoms with Crippen LogP contribution in [-0.4, -0.2) is 31.1 Å². The molecule has 1 aromatic carbocycles. The Morgan fingerprint density at radius 1 is 1.14 bits per heavy atom. The van der Waals surface area contributed by atoms with E-state index in [1.54, 1.807) is 12.1 Å². The lowest BCUT2D eigenvalue weighted by Gasteiger charge is -2.12. The third-order valence-corrected chi connectivity index (χ3v) is 3.46. The van der Waals surface area contributed by atoms with Crippen molar-refractivity contribution in [2.45, 2.75) is 38.6 Å². The van der Waals surface area contributed by atoms with Gasteiger partial charge in [-0.2, -0.15) is 0 Å². The molecule has 5 nitrogen and oxygen atoms in total. The average molecular weight is 291 g/mol. The van der Waals surface area contributed by atoms with E-state index in [0.29, 0.717) is 5.75 Å². The van der Waals surface area contributed by atoms with E-state index in [1.807, 2.05) is 19.1 Å². The van der Waals surface area contributed by atoms with Crippen molar-refractivity contribution in [1.29, 1.82) is 0 Å². The monoisotopic (exact) mass is 291 g/mol. The fraction of sp³-hybridized carbons (Fsp3) is 0.500. The summed E-state index contributed by atoms with van der Waals surface area (Å²) >= 11 is 0. The number of esters is 1. The largest absolute Gasteiger partial charge is 0.482 e. The number of carbonyl (C=O) groups is 2. The second-order valence-electron chi connectivity index (χ2n) is 5.31. The van der Waals surface area contributed by atoms with Crippen molar-refractivity contribution in [3.05, 3.63) is 29.8 Å². The molecule has 2 rings (SSSR count). The number of hydrogen-bond acceptors (Lipinski definition) is 4. The van der Waals surface area contributed by atoms with Crippen LogP contribution in [0.15, 0.2) is 24.3 Å². The Balaban J connectivity index is 1.62. The molecule has 1 saturated carbocycles. The van der Waals surface area contributed by atoms with Crippen LogP contribution in [-0.2, 0) is 14.3 Å². The number of carbonyl (C=O) groups excluding carboxylic acids is 2. The van der Waals surface area contributed by atoms with Crippen LogP contribution >= 0.6 is 0 Å². The Bertz CT molecular complexity index is 478. The highest BCUT2D eigenvalue weighted by molar-refractivity contribution is 5.81. The first-order chi connectivity index (χ1) is 10.1. The predicted molar refractivity (Wildman–Crippen MR) is 78.0 cm³/mol. The third-order valence-electron chi connectivity index (χ3n) is 3.46. The van der Waals surface area contributed by atoms with Gasteiger partial charge in [-0.05, 0) is 31.9 Å². The molecular weight excluding hydrogens is 270 g/mol. The molecule has 0 heterocycles. The number of nitrogens with one attached hydrogen (secondary N) is 1. The lowest BCUT2D eigenvalue weighted by Crippen LogP contribution is -2.36. The van der Waals surface area contributed by atoms with Crippen LogP contribution in [0, 0.1) is 6.92 Å². The maximum absolute atomic E-state index is 11.6. The third kappa shape index (κ3) is 5.45. The molecule has 114 valence electrons. The fourth-order valence-corrected chi connectivity index (χ4v) is 2.30. The summed E-state index contributed by atoms with van der Waals surface area (Å²) in [5, 5.41) is 2.86. The molecule has 0 saturated heterocycles. The molecule has 0 aromatic heterocycles. The maximum atomic E-state index is 11.6. The lowest BCUT2D eigenvalue weighted by molar-refractivity contribution is -0.150. The van der Waals surface area contributed by atoms with Crippen LogP contribution in [0.1, 0.15) is 31.2 Å². The standard InChI is InChI=1S/C16H21NO4/c1-12-6-8-14(9-7-12)20-11-16(19)21-10-15(18)17-13-4-2-3-5-13/h6-9,13H,2-5,10-11H2,1H3,(H,17,18). The minimum Gasteiger partial charge on any atom is -0.482 e. The highest BCUT2D eigenvalue weighted by atomic mass is 16.6. The Morgan fingerprint density at radius 2 is 1.81 bits per heavy atom. The number of hydrogen-bond donors (Lipinski definition) is 1. The van der Waals surface area contributed by atoms with E-state index in [2.05, 4.69) is 5.32 Å². The molecule has 1 aliphatic carbocycles. The van der Waals surface area contributed by atoms with E-state index >= 15 is 0 Å². The summed E-state index contributed by atoms with van der Waals surface area (Å²) in [6, 6.07) is 7.61. The molecule has 1 amide bonds. The van der Waals surface area contributed by atoms with Gasteiger partial charge in [0.1, 0.15) is 5.75 Å². The van der Waals surface area contributed by atoms with Gasteiger partial charge >= 0.3 is 5.97 Å². The summed E-state index contributed by atoms with van der Waals surface area (Å²) in [5.74, 6) is -0.185. The van der Waals surface area contributed by atoms with Gasteiger partial charge < -0.3 is 14.8 Å². The zero-order valence-corrected chi connectivity index (χ0v) is 12.3. The minimum absolute atomic E-state index is 0.195. The Morgan fingerprint density at radius 3 is 2.48 bits per heavy atom. The lowest BCUT2D eigenvalue weighted by atomic mass is 10.2. The van der Waals surface area contributed by atoms with Crippen LogP contribution in [0.3, 0.4) is 0 Å². The molecule has 0 atom stereocenters. The number of ether oxygens (including phenoxy) is 2. The predicted octanol–water partition coefficient (Wildman–Crippen LogP) is 1.98. The average Bonchev–Trinajstić information content (AvgIpc) is 2.97. The number of rotatable bonds is 6. The maximum Gasteiger partial charge on any atom is 0.344 e. The van der Waals surface area contributed by atoms with Gasteiger partial charge in [-0.1, -0.05) is 30.5 Å². The van der Waals surface area contributed by atoms with Crippen molar-refractivity contribution in [3.63, 3.8) is 0 Å². The van der Waals surface area contributed by atoms with Crippen molar-refractivity contribution in [3.8, 4) is 5.75 Å². The Labute approximate surface area is 124 Å². The van der Waals surface area contributed by atoms with E-state index in [4.69, 9.17) is 9.47 Å². The second-order valence-corrected chi connectivity index (χ2v) is 5.31. The first-order valence-electron chi connectivity index (χ1n) is 7.28. The summed E-state index contributed by atoms with van der Waals surface area (Å²) in [5.41, 5.74) is 1.12. The highest BCUT2D eigenvalue weighted by Crippen LogP contribution is 2.17. The summed E-state index contributed by atoms with van der Waals surface area (Å²) in [4.78, 5) is 23.1. The van der Waals surface area contributed by atoms with Crippen LogP contribution < -0.4 is 10.1 Å². The Kier molecular flexibility index (Phi) is 5.60. The molecule has 5 heteroatoms. The van der Waals surface area contributed by atoms with Crippen LogP contribution in [0.2, 0.25) is 0 Å². The van der Waals surface area contributed by atoms with Gasteiger partial charge in [-0.3, -0.25) is 4.79 Å². The molecule has 1 N–H and O–H groups in total. The molecule has 1 aromatic rings. The highest BCUT2D eigenvalue weighted by Gasteiger charge is 2.17. The fourth-order valence-electron chi connectivity index (χ4n) is 2.30. The summed E-state index contributed by atoms with van der Waals surface area (Å²) < 4.78 is 10.2. The van der Waals surface area contributed by atoms with Gasteiger partial charge in [0.2, 0.25) is 0 Å². The van der Waals surface area contributed by atoms with Crippen molar-refractivity contribution in [1.82, 2.24) is 5.32 Å². The number of amides is 1. The molecule has 0 unspecified atom stereocenters. The van der Waals surface area contributed by atoms with E-state index in [1.165, 1.54) is 0 Å². The molecule has 0 aliphatic heterocycles. The SMILES string of the molecule is Cc1ccc(OCC(=O)OCC(=O)NC2CCCC2)cc1. The van der Waals surface area contributed by atoms with Crippen LogP contribution in [0.5, 0.6) is 5.75 Å². The summed E-state index contributed by atoms with van der Waals surface area (Å²) in [6.07, 6.45) is 4.32. The van der Waals surface area contributed by atoms with Crippen LogP contribution in [0.25, 0.3) is 0 Å². The molecule has 0 radical (unpaired) electrons. The number of benzene rings is 1. The van der Waals surface area contributed by atoms with Crippen molar-refractivity contribution < 1.29 is 19.1 Å². The van der Waals surface area contributed by atoms with Gasteiger partial charge in [0.15, 0.2) is 13.2 Å². The van der Waals surface area contributed by atoms with E-state index in [0.717, 1.165) is 31.2 Å². The van der Waals surface area contributed by atoms with Crippen molar-refractivity contribution in [2.75, 3.05) is 13.2 Å². The normalized spacial score (nSPS) is 14.7. The van der Waals surface area contributed by atoms with E-state index in [9.17, 15) is 9.59 Å². The van der Waals surface area contributed by atoms with Gasteiger partial charge in [0.05, 0.1) is 0 Å². The smallest absolute Gasteiger partial charge is 0.344 e. The topological polar surface area (TPSA) is 64.6 Å². The van der Waals surface area contributed by atoms with Gasteiger partial charge in [-0.25, -0.2) is 4.79 Å². The minimum atomic E-state index is -0.544. The first-order valence-corrected chi connectivity index (χ1v) is 7.28.